The topological polar surface area (TPSA) is 47.7 Å². The third-order valence-corrected chi connectivity index (χ3v) is 3.67. The Hall–Kier alpha value is -1.42. The summed E-state index contributed by atoms with van der Waals surface area (Å²) in [6.07, 6.45) is 1.03. The van der Waals surface area contributed by atoms with Crippen molar-refractivity contribution in [1.29, 1.82) is 0 Å². The molecule has 1 saturated heterocycles. The second-order valence-corrected chi connectivity index (χ2v) is 4.95. The number of piperidine rings is 1. The average molecular weight is 250 g/mol. The number of anilines is 1. The van der Waals surface area contributed by atoms with Crippen LogP contribution in [0.3, 0.4) is 0 Å². The Morgan fingerprint density at radius 1 is 1.17 bits per heavy atom. The van der Waals surface area contributed by atoms with Crippen LogP contribution < -0.4 is 20.1 Å². The molecule has 0 aromatic heterocycles. The van der Waals surface area contributed by atoms with Gasteiger partial charge in [0.1, 0.15) is 11.5 Å². The van der Waals surface area contributed by atoms with E-state index in [-0.39, 0.29) is 0 Å². The van der Waals surface area contributed by atoms with Crippen molar-refractivity contribution in [3.8, 4) is 11.5 Å². The van der Waals surface area contributed by atoms with E-state index < -0.39 is 0 Å². The van der Waals surface area contributed by atoms with Crippen molar-refractivity contribution in [2.45, 2.75) is 19.4 Å². The minimum atomic E-state index is 0.314. The van der Waals surface area contributed by atoms with Crippen LogP contribution in [0, 0.1) is 5.92 Å². The number of rotatable bonds is 3. The first-order valence-electron chi connectivity index (χ1n) is 6.37. The molecule has 100 valence electrons. The first kappa shape index (κ1) is 13.0. The Labute approximate surface area is 109 Å². The van der Waals surface area contributed by atoms with Gasteiger partial charge in [0.15, 0.2) is 0 Å². The molecule has 2 atom stereocenters. The Morgan fingerprint density at radius 2 is 1.78 bits per heavy atom. The van der Waals surface area contributed by atoms with Crippen molar-refractivity contribution in [2.75, 3.05) is 32.2 Å². The van der Waals surface area contributed by atoms with E-state index in [1.54, 1.807) is 14.2 Å². The Morgan fingerprint density at radius 3 is 2.28 bits per heavy atom. The first-order chi connectivity index (χ1) is 8.63. The van der Waals surface area contributed by atoms with Gasteiger partial charge in [-0.25, -0.2) is 0 Å². The predicted octanol–water partition coefficient (Wildman–Crippen LogP) is 1.88. The predicted molar refractivity (Wildman–Crippen MR) is 73.5 cm³/mol. The zero-order valence-corrected chi connectivity index (χ0v) is 11.3. The normalized spacial score (nSPS) is 23.9. The summed E-state index contributed by atoms with van der Waals surface area (Å²) >= 11 is 0. The largest absolute Gasteiger partial charge is 0.497 e. The lowest BCUT2D eigenvalue weighted by Gasteiger charge is -2.36. The smallest absolute Gasteiger partial charge is 0.124 e. The molecular weight excluding hydrogens is 228 g/mol. The van der Waals surface area contributed by atoms with Gasteiger partial charge in [-0.15, -0.1) is 0 Å². The number of hydrogen-bond acceptors (Lipinski definition) is 4. The Bertz CT molecular complexity index is 387. The van der Waals surface area contributed by atoms with Gasteiger partial charge in [-0.2, -0.15) is 0 Å². The van der Waals surface area contributed by atoms with E-state index in [0.717, 1.165) is 36.7 Å². The fraction of sp³-hybridized carbons (Fsp3) is 0.571. The third-order valence-electron chi connectivity index (χ3n) is 3.67. The van der Waals surface area contributed by atoms with Crippen LogP contribution in [0.1, 0.15) is 13.3 Å². The first-order valence-corrected chi connectivity index (χ1v) is 6.37. The summed E-state index contributed by atoms with van der Waals surface area (Å²) in [5.74, 6) is 2.16. The van der Waals surface area contributed by atoms with Gasteiger partial charge in [0, 0.05) is 43.0 Å². The molecule has 2 N–H and O–H groups in total. The third kappa shape index (κ3) is 2.70. The quantitative estimate of drug-likeness (QED) is 0.889. The van der Waals surface area contributed by atoms with Crippen molar-refractivity contribution in [3.63, 3.8) is 0 Å². The molecule has 18 heavy (non-hydrogen) atoms. The number of methoxy groups -OCH3 is 2. The molecule has 1 heterocycles. The lowest BCUT2D eigenvalue weighted by atomic mass is 9.94. The van der Waals surface area contributed by atoms with Crippen LogP contribution in [0.25, 0.3) is 0 Å². The maximum absolute atomic E-state index is 6.05. The van der Waals surface area contributed by atoms with Crippen molar-refractivity contribution in [1.82, 2.24) is 0 Å². The lowest BCUT2D eigenvalue weighted by Crippen LogP contribution is -2.45. The van der Waals surface area contributed by atoms with E-state index >= 15 is 0 Å². The zero-order valence-electron chi connectivity index (χ0n) is 11.3. The van der Waals surface area contributed by atoms with Crippen LogP contribution in [0.2, 0.25) is 0 Å². The molecule has 1 aliphatic heterocycles. The van der Waals surface area contributed by atoms with Gasteiger partial charge in [0.2, 0.25) is 0 Å². The van der Waals surface area contributed by atoms with Crippen LogP contribution in [0.5, 0.6) is 11.5 Å². The fourth-order valence-corrected chi connectivity index (χ4v) is 2.37. The van der Waals surface area contributed by atoms with Gasteiger partial charge in [-0.3, -0.25) is 0 Å². The van der Waals surface area contributed by atoms with Crippen LogP contribution in [0.4, 0.5) is 5.69 Å². The van der Waals surface area contributed by atoms with Gasteiger partial charge in [-0.1, -0.05) is 6.92 Å². The standard InChI is InChI=1S/C14H22N2O2/c1-10-9-16(5-4-14(10)15)11-6-12(17-2)8-13(7-11)18-3/h6-8,10,14H,4-5,9,15H2,1-3H3. The highest BCUT2D eigenvalue weighted by Crippen LogP contribution is 2.30. The maximum atomic E-state index is 6.05. The summed E-state index contributed by atoms with van der Waals surface area (Å²) < 4.78 is 10.6. The summed E-state index contributed by atoms with van der Waals surface area (Å²) in [7, 11) is 3.35. The lowest BCUT2D eigenvalue weighted by molar-refractivity contribution is 0.378. The highest BCUT2D eigenvalue weighted by atomic mass is 16.5. The molecule has 1 fully saturated rings. The molecule has 1 aliphatic rings. The minimum Gasteiger partial charge on any atom is -0.497 e. The average Bonchev–Trinajstić information content (AvgIpc) is 2.41. The molecule has 2 unspecified atom stereocenters. The van der Waals surface area contributed by atoms with E-state index in [1.165, 1.54) is 0 Å². The molecule has 0 spiro atoms. The summed E-state index contributed by atoms with van der Waals surface area (Å²) in [6, 6.07) is 6.30. The molecule has 1 aromatic carbocycles. The van der Waals surface area contributed by atoms with Crippen molar-refractivity contribution >= 4 is 5.69 Å². The summed E-state index contributed by atoms with van der Waals surface area (Å²) in [5.41, 5.74) is 7.20. The second-order valence-electron chi connectivity index (χ2n) is 4.95. The van der Waals surface area contributed by atoms with E-state index in [0.29, 0.717) is 12.0 Å². The SMILES string of the molecule is COc1cc(OC)cc(N2CCC(N)C(C)C2)c1. The number of nitrogens with two attached hydrogens (primary N) is 1. The molecule has 2 rings (SSSR count). The van der Waals surface area contributed by atoms with Crippen molar-refractivity contribution < 1.29 is 9.47 Å². The van der Waals surface area contributed by atoms with Crippen LogP contribution >= 0.6 is 0 Å². The number of ether oxygens (including phenoxy) is 2. The number of benzene rings is 1. The number of nitrogens with zero attached hydrogens (tertiary/aromatic N) is 1. The van der Waals surface area contributed by atoms with Gasteiger partial charge in [0.25, 0.3) is 0 Å². The molecule has 0 bridgehead atoms. The van der Waals surface area contributed by atoms with E-state index in [1.807, 2.05) is 18.2 Å². The monoisotopic (exact) mass is 250 g/mol. The summed E-state index contributed by atoms with van der Waals surface area (Å²) in [4.78, 5) is 2.35. The maximum Gasteiger partial charge on any atom is 0.124 e. The van der Waals surface area contributed by atoms with Gasteiger partial charge >= 0.3 is 0 Å². The van der Waals surface area contributed by atoms with Crippen LogP contribution in [0.15, 0.2) is 18.2 Å². The molecule has 4 heteroatoms. The van der Waals surface area contributed by atoms with Gasteiger partial charge in [0.05, 0.1) is 14.2 Å². The molecule has 0 aliphatic carbocycles. The Balaban J connectivity index is 2.22. The molecule has 0 amide bonds. The highest BCUT2D eigenvalue weighted by Gasteiger charge is 2.23. The molecule has 1 aromatic rings. The molecular formula is C14H22N2O2. The van der Waals surface area contributed by atoms with Gasteiger partial charge < -0.3 is 20.1 Å². The van der Waals surface area contributed by atoms with Gasteiger partial charge in [-0.05, 0) is 12.3 Å². The summed E-state index contributed by atoms with van der Waals surface area (Å²) in [6.45, 7) is 4.17. The zero-order chi connectivity index (χ0) is 13.1. The molecule has 0 radical (unpaired) electrons. The van der Waals surface area contributed by atoms with Crippen molar-refractivity contribution in [2.24, 2.45) is 11.7 Å². The highest BCUT2D eigenvalue weighted by molar-refractivity contribution is 5.56. The second kappa shape index (κ2) is 5.48. The summed E-state index contributed by atoms with van der Waals surface area (Å²) in [5, 5.41) is 0. The van der Waals surface area contributed by atoms with E-state index in [4.69, 9.17) is 15.2 Å². The van der Waals surface area contributed by atoms with Crippen LogP contribution in [-0.2, 0) is 0 Å². The molecule has 0 saturated carbocycles. The fourth-order valence-electron chi connectivity index (χ4n) is 2.37. The van der Waals surface area contributed by atoms with E-state index in [2.05, 4.69) is 11.8 Å². The van der Waals surface area contributed by atoms with E-state index in [9.17, 15) is 0 Å². The van der Waals surface area contributed by atoms with Crippen molar-refractivity contribution in [3.05, 3.63) is 18.2 Å². The molecule has 4 nitrogen and oxygen atoms in total. The van der Waals surface area contributed by atoms with Crippen LogP contribution in [-0.4, -0.2) is 33.4 Å². The number of hydrogen-bond donors (Lipinski definition) is 1. The Kier molecular flexibility index (Phi) is 3.97. The minimum absolute atomic E-state index is 0.314.